The molecule has 2 fully saturated rings. The molecule has 6 N–H and O–H groups in total. The van der Waals surface area contributed by atoms with E-state index in [1.54, 1.807) is 0 Å². The van der Waals surface area contributed by atoms with Gasteiger partial charge < -0.3 is 31.9 Å². The highest BCUT2D eigenvalue weighted by atomic mass is 16.2. The van der Waals surface area contributed by atoms with Crippen LogP contribution in [0.5, 0.6) is 0 Å². The van der Waals surface area contributed by atoms with E-state index >= 15 is 0 Å². The summed E-state index contributed by atoms with van der Waals surface area (Å²) in [6.45, 7) is 3.45. The number of nitrogens with two attached hydrogens (primary N) is 2. The van der Waals surface area contributed by atoms with Crippen LogP contribution in [-0.2, 0) is 45.4 Å². The van der Waals surface area contributed by atoms with Crippen molar-refractivity contribution in [3.8, 4) is 0 Å². The highest BCUT2D eigenvalue weighted by Gasteiger charge is 2.31. The Balaban J connectivity index is 1.06. The molecule has 0 radical (unpaired) electrons. The van der Waals surface area contributed by atoms with Gasteiger partial charge in [-0.15, -0.1) is 0 Å². The third-order valence-electron chi connectivity index (χ3n) is 8.80. The number of nitrogens with zero attached hydrogens (tertiary/aromatic N) is 2. The lowest BCUT2D eigenvalue weighted by molar-refractivity contribution is -0.139. The van der Waals surface area contributed by atoms with Crippen LogP contribution in [0.4, 0.5) is 0 Å². The van der Waals surface area contributed by atoms with Crippen LogP contribution in [0.2, 0.25) is 0 Å². The van der Waals surface area contributed by atoms with Crippen molar-refractivity contribution in [2.75, 3.05) is 13.1 Å². The van der Waals surface area contributed by atoms with Crippen LogP contribution in [0.15, 0.2) is 48.5 Å². The summed E-state index contributed by atoms with van der Waals surface area (Å²) in [4.78, 5) is 54.7. The van der Waals surface area contributed by atoms with E-state index in [-0.39, 0.29) is 23.6 Å². The number of amides is 4. The first-order valence-corrected chi connectivity index (χ1v) is 16.6. The minimum absolute atomic E-state index is 0.0176. The molecule has 2 aromatic carbocycles. The fourth-order valence-electron chi connectivity index (χ4n) is 6.10. The van der Waals surface area contributed by atoms with Crippen LogP contribution in [0.3, 0.4) is 0 Å². The Labute approximate surface area is 267 Å². The standard InChI is InChI=1S/C35H50N6O4/c36-22-26-12-16-28(17-13-26)24-40-20-6-8-30(34(40)44)38-32(42)10-4-2-1-3-5-11-33(43)39-31-9-7-21-41(35(31)45)25-29-18-14-27(23-37)15-19-29/h12-19,30-31H,1-11,20-25,36-37H2,(H,38,42)(H,39,43). The Kier molecular flexibility index (Phi) is 13.4. The van der Waals surface area contributed by atoms with Crippen LogP contribution in [0, 0.1) is 0 Å². The van der Waals surface area contributed by atoms with E-state index in [1.807, 2.05) is 58.3 Å². The Morgan fingerprint density at radius 3 is 1.33 bits per heavy atom. The fraction of sp³-hybridized carbons (Fsp3) is 0.543. The Morgan fingerprint density at radius 2 is 0.956 bits per heavy atom. The third kappa shape index (κ3) is 10.7. The van der Waals surface area contributed by atoms with E-state index < -0.39 is 12.1 Å². The highest BCUT2D eigenvalue weighted by Crippen LogP contribution is 2.18. The second-order valence-corrected chi connectivity index (χ2v) is 12.4. The molecule has 2 atom stereocenters. The molecule has 0 aromatic heterocycles. The van der Waals surface area contributed by atoms with Gasteiger partial charge in [-0.05, 0) is 60.8 Å². The molecule has 10 nitrogen and oxygen atoms in total. The van der Waals surface area contributed by atoms with Crippen LogP contribution in [0.25, 0.3) is 0 Å². The minimum Gasteiger partial charge on any atom is -0.344 e. The smallest absolute Gasteiger partial charge is 0.245 e. The molecular weight excluding hydrogens is 568 g/mol. The van der Waals surface area contributed by atoms with Gasteiger partial charge in [-0.25, -0.2) is 0 Å². The molecule has 0 bridgehead atoms. The van der Waals surface area contributed by atoms with Crippen LogP contribution < -0.4 is 22.1 Å². The van der Waals surface area contributed by atoms with Crippen LogP contribution in [0.1, 0.15) is 92.9 Å². The number of benzene rings is 2. The quantitative estimate of drug-likeness (QED) is 0.212. The molecule has 2 unspecified atom stereocenters. The SMILES string of the molecule is NCc1ccc(CN2CCCC(NC(=O)CCCCCCCC(=O)NC3CCCN(Cc4ccc(CN)cc4)C3=O)C2=O)cc1. The van der Waals surface area contributed by atoms with E-state index in [4.69, 9.17) is 11.5 Å². The van der Waals surface area contributed by atoms with E-state index in [9.17, 15) is 19.2 Å². The van der Waals surface area contributed by atoms with Crippen LogP contribution >= 0.6 is 0 Å². The van der Waals surface area contributed by atoms with E-state index in [1.165, 1.54) is 0 Å². The van der Waals surface area contributed by atoms with Crippen molar-refractivity contribution < 1.29 is 19.2 Å². The fourth-order valence-corrected chi connectivity index (χ4v) is 6.10. The lowest BCUT2D eigenvalue weighted by atomic mass is 10.0. The second-order valence-electron chi connectivity index (χ2n) is 12.4. The molecule has 2 saturated heterocycles. The summed E-state index contributed by atoms with van der Waals surface area (Å²) < 4.78 is 0. The summed E-state index contributed by atoms with van der Waals surface area (Å²) in [6.07, 6.45) is 8.05. The third-order valence-corrected chi connectivity index (χ3v) is 8.80. The average Bonchev–Trinajstić information content (AvgIpc) is 3.05. The zero-order valence-electron chi connectivity index (χ0n) is 26.5. The van der Waals surface area contributed by atoms with Crippen molar-refractivity contribution in [2.45, 2.75) is 109 Å². The van der Waals surface area contributed by atoms with Crippen molar-refractivity contribution in [3.05, 3.63) is 70.8 Å². The molecule has 2 aromatic rings. The lowest BCUT2D eigenvalue weighted by Gasteiger charge is -2.32. The number of carbonyl (C=O) groups excluding carboxylic acids is 4. The molecular formula is C35H50N6O4. The lowest BCUT2D eigenvalue weighted by Crippen LogP contribution is -2.51. The van der Waals surface area contributed by atoms with Crippen molar-refractivity contribution >= 4 is 23.6 Å². The Morgan fingerprint density at radius 1 is 0.600 bits per heavy atom. The number of piperidine rings is 2. The molecule has 0 aliphatic carbocycles. The summed E-state index contributed by atoms with van der Waals surface area (Å²) >= 11 is 0. The number of rotatable bonds is 16. The van der Waals surface area contributed by atoms with Crippen molar-refractivity contribution in [1.29, 1.82) is 0 Å². The van der Waals surface area contributed by atoms with Gasteiger partial charge in [0.05, 0.1) is 0 Å². The second kappa shape index (κ2) is 17.7. The monoisotopic (exact) mass is 618 g/mol. The first-order chi connectivity index (χ1) is 21.9. The number of likely N-dealkylation sites (tertiary alicyclic amines) is 2. The Bertz CT molecular complexity index is 1170. The largest absolute Gasteiger partial charge is 0.344 e. The molecule has 0 saturated carbocycles. The molecule has 45 heavy (non-hydrogen) atoms. The molecule has 2 heterocycles. The average molecular weight is 619 g/mol. The first-order valence-electron chi connectivity index (χ1n) is 16.6. The number of hydrogen-bond donors (Lipinski definition) is 4. The van der Waals surface area contributed by atoms with Crippen molar-refractivity contribution in [1.82, 2.24) is 20.4 Å². The summed E-state index contributed by atoms with van der Waals surface area (Å²) in [5.74, 6) is -0.201. The number of hydrogen-bond acceptors (Lipinski definition) is 6. The van der Waals surface area contributed by atoms with Crippen LogP contribution in [-0.4, -0.2) is 58.6 Å². The Hall–Kier alpha value is -3.76. The van der Waals surface area contributed by atoms with Gasteiger partial charge in [-0.3, -0.25) is 19.2 Å². The van der Waals surface area contributed by atoms with Crippen molar-refractivity contribution in [3.63, 3.8) is 0 Å². The zero-order chi connectivity index (χ0) is 32.0. The highest BCUT2D eigenvalue weighted by molar-refractivity contribution is 5.88. The molecule has 2 aliphatic rings. The van der Waals surface area contributed by atoms with Gasteiger partial charge in [-0.2, -0.15) is 0 Å². The molecule has 4 rings (SSSR count). The number of carbonyl (C=O) groups is 4. The zero-order valence-corrected chi connectivity index (χ0v) is 26.5. The van der Waals surface area contributed by atoms with Gasteiger partial charge >= 0.3 is 0 Å². The maximum Gasteiger partial charge on any atom is 0.245 e. The van der Waals surface area contributed by atoms with Gasteiger partial charge in [0.2, 0.25) is 23.6 Å². The van der Waals surface area contributed by atoms with E-state index in [2.05, 4.69) is 10.6 Å². The minimum atomic E-state index is -0.459. The van der Waals surface area contributed by atoms with Gasteiger partial charge in [0.15, 0.2) is 0 Å². The summed E-state index contributed by atoms with van der Waals surface area (Å²) in [5, 5.41) is 5.90. The van der Waals surface area contributed by atoms with Gasteiger partial charge in [0.25, 0.3) is 0 Å². The molecule has 2 aliphatic heterocycles. The molecule has 10 heteroatoms. The number of nitrogens with one attached hydrogen (secondary N) is 2. The summed E-state index contributed by atoms with van der Waals surface area (Å²) in [6, 6.07) is 15.0. The van der Waals surface area contributed by atoms with Gasteiger partial charge in [-0.1, -0.05) is 67.8 Å². The predicted molar refractivity (Wildman–Crippen MR) is 174 cm³/mol. The van der Waals surface area contributed by atoms with Gasteiger partial charge in [0, 0.05) is 52.1 Å². The maximum atomic E-state index is 13.0. The molecule has 4 amide bonds. The first kappa shape index (κ1) is 34.1. The summed E-state index contributed by atoms with van der Waals surface area (Å²) in [7, 11) is 0. The topological polar surface area (TPSA) is 151 Å². The normalized spacial score (nSPS) is 18.6. The van der Waals surface area contributed by atoms with Crippen molar-refractivity contribution in [2.24, 2.45) is 11.5 Å². The summed E-state index contributed by atoms with van der Waals surface area (Å²) in [5.41, 5.74) is 15.6. The number of unbranched alkanes of at least 4 members (excludes halogenated alkanes) is 4. The molecule has 0 spiro atoms. The maximum absolute atomic E-state index is 13.0. The van der Waals surface area contributed by atoms with E-state index in [0.29, 0.717) is 65.0 Å². The van der Waals surface area contributed by atoms with Gasteiger partial charge in [0.1, 0.15) is 12.1 Å². The molecule has 244 valence electrons. The van der Waals surface area contributed by atoms with E-state index in [0.717, 1.165) is 67.2 Å². The predicted octanol–water partition coefficient (Wildman–Crippen LogP) is 3.25.